The lowest BCUT2D eigenvalue weighted by molar-refractivity contribution is 0.0940. The third-order valence-electron chi connectivity index (χ3n) is 3.70. The summed E-state index contributed by atoms with van der Waals surface area (Å²) in [6.07, 6.45) is 1.47. The third kappa shape index (κ3) is 4.67. The van der Waals surface area contributed by atoms with E-state index in [9.17, 15) is 9.18 Å². The summed E-state index contributed by atoms with van der Waals surface area (Å²) in [4.78, 5) is 16.4. The summed E-state index contributed by atoms with van der Waals surface area (Å²) in [6.45, 7) is 1.87. The first-order valence-electron chi connectivity index (χ1n) is 7.75. The van der Waals surface area contributed by atoms with Gasteiger partial charge in [-0.2, -0.15) is 5.10 Å². The van der Waals surface area contributed by atoms with E-state index in [1.807, 2.05) is 19.1 Å². The molecule has 2 N–H and O–H groups in total. The van der Waals surface area contributed by atoms with Crippen LogP contribution in [0.4, 0.5) is 4.39 Å². The van der Waals surface area contributed by atoms with Crippen LogP contribution in [0.3, 0.4) is 0 Å². The van der Waals surface area contributed by atoms with Gasteiger partial charge in [0.1, 0.15) is 12.1 Å². The summed E-state index contributed by atoms with van der Waals surface area (Å²) in [5, 5.41) is 10.3. The van der Waals surface area contributed by atoms with Crippen molar-refractivity contribution >= 4 is 17.7 Å². The molecule has 128 valence electrons. The van der Waals surface area contributed by atoms with Gasteiger partial charge in [-0.05, 0) is 42.3 Å². The van der Waals surface area contributed by atoms with Crippen LogP contribution in [0, 0.1) is 5.82 Å². The van der Waals surface area contributed by atoms with Crippen LogP contribution < -0.4 is 5.32 Å². The SMILES string of the molecule is C[C@H](NC(=O)c1ccc(CSc2ncn[nH]2)cc1)c1ccc(F)cc1. The Morgan fingerprint density at radius 2 is 1.92 bits per heavy atom. The van der Waals surface area contributed by atoms with Crippen LogP contribution in [-0.4, -0.2) is 21.1 Å². The molecule has 25 heavy (non-hydrogen) atoms. The van der Waals surface area contributed by atoms with Gasteiger partial charge in [0.15, 0.2) is 5.16 Å². The lowest BCUT2D eigenvalue weighted by atomic mass is 10.1. The van der Waals surface area contributed by atoms with Crippen LogP contribution in [-0.2, 0) is 5.75 Å². The molecule has 1 heterocycles. The summed E-state index contributed by atoms with van der Waals surface area (Å²) >= 11 is 1.54. The van der Waals surface area contributed by atoms with Gasteiger partial charge in [-0.1, -0.05) is 36.0 Å². The van der Waals surface area contributed by atoms with Crippen molar-refractivity contribution in [3.8, 4) is 0 Å². The van der Waals surface area contributed by atoms with Gasteiger partial charge < -0.3 is 5.32 Å². The summed E-state index contributed by atoms with van der Waals surface area (Å²) < 4.78 is 13.0. The van der Waals surface area contributed by atoms with E-state index >= 15 is 0 Å². The second-order valence-corrected chi connectivity index (χ2v) is 6.49. The average Bonchev–Trinajstić information content (AvgIpc) is 3.14. The quantitative estimate of drug-likeness (QED) is 0.660. The van der Waals surface area contributed by atoms with Gasteiger partial charge in [0.25, 0.3) is 5.91 Å². The number of aromatic nitrogens is 3. The van der Waals surface area contributed by atoms with Crippen molar-refractivity contribution in [3.63, 3.8) is 0 Å². The van der Waals surface area contributed by atoms with Gasteiger partial charge >= 0.3 is 0 Å². The van der Waals surface area contributed by atoms with Crippen molar-refractivity contribution < 1.29 is 9.18 Å². The Morgan fingerprint density at radius 3 is 2.56 bits per heavy atom. The number of nitrogens with zero attached hydrogens (tertiary/aromatic N) is 2. The Morgan fingerprint density at radius 1 is 1.20 bits per heavy atom. The average molecular weight is 356 g/mol. The lowest BCUT2D eigenvalue weighted by Crippen LogP contribution is -2.26. The number of amides is 1. The Balaban J connectivity index is 1.57. The molecule has 0 bridgehead atoms. The Kier molecular flexibility index (Phi) is 5.45. The van der Waals surface area contributed by atoms with E-state index in [0.717, 1.165) is 22.0 Å². The number of halogens is 1. The number of aromatic amines is 1. The molecule has 0 saturated heterocycles. The molecule has 1 aromatic heterocycles. The summed E-state index contributed by atoms with van der Waals surface area (Å²) in [5.74, 6) is 0.288. The number of hydrogen-bond acceptors (Lipinski definition) is 4. The van der Waals surface area contributed by atoms with E-state index in [4.69, 9.17) is 0 Å². The fourth-order valence-electron chi connectivity index (χ4n) is 2.28. The van der Waals surface area contributed by atoms with Gasteiger partial charge in [0.2, 0.25) is 0 Å². The minimum Gasteiger partial charge on any atom is -0.346 e. The molecular formula is C18H17FN4OS. The Labute approximate surface area is 149 Å². The van der Waals surface area contributed by atoms with Crippen LogP contribution >= 0.6 is 11.8 Å². The van der Waals surface area contributed by atoms with E-state index in [-0.39, 0.29) is 17.8 Å². The fraction of sp³-hybridized carbons (Fsp3) is 0.167. The molecule has 7 heteroatoms. The molecule has 0 aliphatic carbocycles. The highest BCUT2D eigenvalue weighted by atomic mass is 32.2. The van der Waals surface area contributed by atoms with Gasteiger partial charge in [-0.15, -0.1) is 0 Å². The van der Waals surface area contributed by atoms with Gasteiger partial charge in [0.05, 0.1) is 6.04 Å². The highest BCUT2D eigenvalue weighted by Gasteiger charge is 2.11. The van der Waals surface area contributed by atoms with Crippen LogP contribution in [0.25, 0.3) is 0 Å². The molecule has 3 rings (SSSR count). The largest absolute Gasteiger partial charge is 0.346 e. The highest BCUT2D eigenvalue weighted by Crippen LogP contribution is 2.19. The molecular weight excluding hydrogens is 339 g/mol. The van der Waals surface area contributed by atoms with Crippen molar-refractivity contribution in [2.45, 2.75) is 23.9 Å². The summed E-state index contributed by atoms with van der Waals surface area (Å²) in [5.41, 5.74) is 2.53. The molecule has 0 aliphatic rings. The molecule has 0 unspecified atom stereocenters. The van der Waals surface area contributed by atoms with E-state index in [0.29, 0.717) is 5.56 Å². The number of H-pyrrole nitrogens is 1. The van der Waals surface area contributed by atoms with Crippen molar-refractivity contribution in [1.82, 2.24) is 20.5 Å². The molecule has 0 spiro atoms. The first kappa shape index (κ1) is 17.2. The number of rotatable bonds is 6. The summed E-state index contributed by atoms with van der Waals surface area (Å²) in [6, 6.07) is 13.3. The second kappa shape index (κ2) is 7.94. The molecule has 1 amide bonds. The van der Waals surface area contributed by atoms with Crippen LogP contribution in [0.2, 0.25) is 0 Å². The van der Waals surface area contributed by atoms with Gasteiger partial charge in [-0.25, -0.2) is 9.37 Å². The number of carbonyl (C=O) groups is 1. The van der Waals surface area contributed by atoms with E-state index in [1.54, 1.807) is 36.0 Å². The van der Waals surface area contributed by atoms with Crippen molar-refractivity contribution in [2.24, 2.45) is 0 Å². The number of thioether (sulfide) groups is 1. The molecule has 0 saturated carbocycles. The predicted molar refractivity (Wildman–Crippen MR) is 94.7 cm³/mol. The number of nitrogens with one attached hydrogen (secondary N) is 2. The first-order chi connectivity index (χ1) is 12.1. The molecule has 0 fully saturated rings. The zero-order valence-electron chi connectivity index (χ0n) is 13.6. The Hall–Kier alpha value is -2.67. The predicted octanol–water partition coefficient (Wildman–Crippen LogP) is 3.73. The number of hydrogen-bond donors (Lipinski definition) is 2. The van der Waals surface area contributed by atoms with Crippen LogP contribution in [0.1, 0.15) is 34.5 Å². The maximum Gasteiger partial charge on any atom is 0.251 e. The van der Waals surface area contributed by atoms with Crippen molar-refractivity contribution in [3.05, 3.63) is 77.4 Å². The zero-order valence-corrected chi connectivity index (χ0v) is 14.4. The molecule has 0 aliphatic heterocycles. The molecule has 2 aromatic carbocycles. The minimum absolute atomic E-state index is 0.161. The third-order valence-corrected chi connectivity index (χ3v) is 4.65. The standard InChI is InChI=1S/C18H17FN4OS/c1-12(14-6-8-16(19)9-7-14)22-17(24)15-4-2-13(3-5-15)10-25-18-20-11-21-23-18/h2-9,11-12H,10H2,1H3,(H,22,24)(H,20,21,23)/t12-/m0/s1. The topological polar surface area (TPSA) is 70.7 Å². The Bertz CT molecular complexity index is 819. The maximum atomic E-state index is 13.0. The summed E-state index contributed by atoms with van der Waals surface area (Å²) in [7, 11) is 0. The van der Waals surface area contributed by atoms with E-state index < -0.39 is 0 Å². The highest BCUT2D eigenvalue weighted by molar-refractivity contribution is 7.98. The van der Waals surface area contributed by atoms with Gasteiger partial charge in [-0.3, -0.25) is 9.89 Å². The maximum absolute atomic E-state index is 13.0. The fourth-order valence-corrected chi connectivity index (χ4v) is 3.02. The van der Waals surface area contributed by atoms with Gasteiger partial charge in [0, 0.05) is 11.3 Å². The monoisotopic (exact) mass is 356 g/mol. The second-order valence-electron chi connectivity index (χ2n) is 5.52. The molecule has 1 atom stereocenters. The van der Waals surface area contributed by atoms with E-state index in [2.05, 4.69) is 20.5 Å². The number of carbonyl (C=O) groups excluding carboxylic acids is 1. The van der Waals surface area contributed by atoms with Crippen LogP contribution in [0.15, 0.2) is 60.0 Å². The van der Waals surface area contributed by atoms with Crippen LogP contribution in [0.5, 0.6) is 0 Å². The molecule has 0 radical (unpaired) electrons. The van der Waals surface area contributed by atoms with Crippen molar-refractivity contribution in [1.29, 1.82) is 0 Å². The number of benzene rings is 2. The minimum atomic E-state index is -0.291. The zero-order chi connectivity index (χ0) is 17.6. The molecule has 3 aromatic rings. The first-order valence-corrected chi connectivity index (χ1v) is 8.74. The normalized spacial score (nSPS) is 11.9. The smallest absolute Gasteiger partial charge is 0.251 e. The molecule has 5 nitrogen and oxygen atoms in total. The van der Waals surface area contributed by atoms with Crippen molar-refractivity contribution in [2.75, 3.05) is 0 Å². The van der Waals surface area contributed by atoms with E-state index in [1.165, 1.54) is 18.5 Å². The lowest BCUT2D eigenvalue weighted by Gasteiger charge is -2.14.